The molecule has 1 amide bonds. The largest absolute Gasteiger partial charge is 0.365 e. The Kier molecular flexibility index (Phi) is 4.18. The third kappa shape index (κ3) is 2.97. The quantitative estimate of drug-likeness (QED) is 0.761. The molecule has 6 heteroatoms. The maximum Gasteiger partial charge on any atom is 0.254 e. The fourth-order valence-corrected chi connectivity index (χ4v) is 3.88. The topological polar surface area (TPSA) is 77.0 Å². The van der Waals surface area contributed by atoms with Gasteiger partial charge in [0.05, 0.1) is 35.9 Å². The van der Waals surface area contributed by atoms with Gasteiger partial charge >= 0.3 is 0 Å². The zero-order valence-corrected chi connectivity index (χ0v) is 15.1. The van der Waals surface area contributed by atoms with E-state index >= 15 is 0 Å². The Morgan fingerprint density at radius 2 is 1.64 bits per heavy atom. The van der Waals surface area contributed by atoms with Crippen molar-refractivity contribution in [3.63, 3.8) is 0 Å². The number of nitrogens with zero attached hydrogens (tertiary/aromatic N) is 3. The first kappa shape index (κ1) is 16.8. The summed E-state index contributed by atoms with van der Waals surface area (Å²) in [5.41, 5.74) is 4.16. The Morgan fingerprint density at radius 1 is 0.929 bits per heavy atom. The summed E-state index contributed by atoms with van der Waals surface area (Å²) in [4.78, 5) is 25.8. The summed E-state index contributed by atoms with van der Waals surface area (Å²) in [7, 11) is 0. The SMILES string of the molecule is O=C(Nc1cnc(-c2ccccc2)nc1)C1=C(c2ccncc2)[C@@H]2CC[C@H]1O2. The van der Waals surface area contributed by atoms with Gasteiger partial charge in [0.1, 0.15) is 0 Å². The fraction of sp³-hybridized carbons (Fsp3) is 0.182. The molecule has 5 rings (SSSR count). The zero-order chi connectivity index (χ0) is 18.9. The Balaban J connectivity index is 1.41. The molecule has 2 bridgehead atoms. The summed E-state index contributed by atoms with van der Waals surface area (Å²) in [6.45, 7) is 0. The number of rotatable bonds is 4. The molecule has 1 saturated heterocycles. The third-order valence-corrected chi connectivity index (χ3v) is 5.13. The standard InChI is InChI=1S/C22H18N4O2/c27-22(26-16-12-24-21(25-13-16)15-4-2-1-3-5-15)20-18-7-6-17(28-18)19(20)14-8-10-23-11-9-14/h1-5,8-13,17-18H,6-7H2,(H,26,27)/t17-,18+/m0/s1. The number of hydrogen-bond donors (Lipinski definition) is 1. The molecule has 0 unspecified atom stereocenters. The van der Waals surface area contributed by atoms with E-state index in [0.717, 1.165) is 29.5 Å². The minimum Gasteiger partial charge on any atom is -0.365 e. The monoisotopic (exact) mass is 370 g/mol. The van der Waals surface area contributed by atoms with Crippen LogP contribution in [0.5, 0.6) is 0 Å². The lowest BCUT2D eigenvalue weighted by Gasteiger charge is -2.16. The maximum absolute atomic E-state index is 13.0. The van der Waals surface area contributed by atoms with E-state index in [1.165, 1.54) is 0 Å². The van der Waals surface area contributed by atoms with Crippen LogP contribution in [0.3, 0.4) is 0 Å². The number of nitrogens with one attached hydrogen (secondary N) is 1. The van der Waals surface area contributed by atoms with Crippen molar-refractivity contribution in [2.75, 3.05) is 5.32 Å². The summed E-state index contributed by atoms with van der Waals surface area (Å²) in [5.74, 6) is 0.466. The number of carbonyl (C=O) groups is 1. The molecule has 2 aliphatic heterocycles. The summed E-state index contributed by atoms with van der Waals surface area (Å²) in [6, 6.07) is 13.6. The van der Waals surface area contributed by atoms with E-state index in [0.29, 0.717) is 17.1 Å². The second kappa shape index (κ2) is 6.98. The van der Waals surface area contributed by atoms with Crippen LogP contribution in [0.25, 0.3) is 17.0 Å². The zero-order valence-electron chi connectivity index (χ0n) is 15.1. The van der Waals surface area contributed by atoms with Crippen LogP contribution in [0.1, 0.15) is 18.4 Å². The Bertz CT molecular complexity index is 1030. The molecule has 0 saturated carbocycles. The molecular formula is C22H18N4O2. The van der Waals surface area contributed by atoms with Crippen molar-refractivity contribution in [2.45, 2.75) is 25.0 Å². The van der Waals surface area contributed by atoms with E-state index in [1.807, 2.05) is 42.5 Å². The smallest absolute Gasteiger partial charge is 0.254 e. The van der Waals surface area contributed by atoms with E-state index in [4.69, 9.17) is 4.74 Å². The molecule has 28 heavy (non-hydrogen) atoms. The summed E-state index contributed by atoms with van der Waals surface area (Å²) in [5, 5.41) is 2.93. The van der Waals surface area contributed by atoms with E-state index in [9.17, 15) is 4.79 Å². The van der Waals surface area contributed by atoms with E-state index in [2.05, 4.69) is 20.3 Å². The molecule has 2 aromatic heterocycles. The average molecular weight is 370 g/mol. The van der Waals surface area contributed by atoms with E-state index in [1.54, 1.807) is 24.8 Å². The van der Waals surface area contributed by atoms with Crippen LogP contribution >= 0.6 is 0 Å². The van der Waals surface area contributed by atoms with Crippen molar-refractivity contribution in [2.24, 2.45) is 0 Å². The van der Waals surface area contributed by atoms with Gasteiger partial charge in [0.15, 0.2) is 5.82 Å². The highest BCUT2D eigenvalue weighted by atomic mass is 16.5. The summed E-state index contributed by atoms with van der Waals surface area (Å²) < 4.78 is 6.00. The van der Waals surface area contributed by atoms with Crippen molar-refractivity contribution in [1.29, 1.82) is 0 Å². The number of amides is 1. The Morgan fingerprint density at radius 3 is 2.39 bits per heavy atom. The molecule has 1 fully saturated rings. The van der Waals surface area contributed by atoms with Gasteiger partial charge < -0.3 is 10.1 Å². The van der Waals surface area contributed by atoms with E-state index in [-0.39, 0.29) is 18.1 Å². The predicted octanol–water partition coefficient (Wildman–Crippen LogP) is 3.49. The van der Waals surface area contributed by atoms with Crippen molar-refractivity contribution in [1.82, 2.24) is 15.0 Å². The molecule has 1 aromatic carbocycles. The highest BCUT2D eigenvalue weighted by Crippen LogP contribution is 2.44. The van der Waals surface area contributed by atoms with Crippen LogP contribution in [0.2, 0.25) is 0 Å². The lowest BCUT2D eigenvalue weighted by molar-refractivity contribution is -0.113. The molecule has 0 radical (unpaired) electrons. The molecule has 0 aliphatic carbocycles. The van der Waals surface area contributed by atoms with E-state index < -0.39 is 0 Å². The van der Waals surface area contributed by atoms with Gasteiger partial charge in [0.2, 0.25) is 0 Å². The van der Waals surface area contributed by atoms with Crippen molar-refractivity contribution in [3.8, 4) is 11.4 Å². The predicted molar refractivity (Wildman–Crippen MR) is 105 cm³/mol. The molecule has 4 heterocycles. The second-order valence-corrected chi connectivity index (χ2v) is 6.87. The second-order valence-electron chi connectivity index (χ2n) is 6.87. The van der Waals surface area contributed by atoms with Crippen molar-refractivity contribution >= 4 is 17.2 Å². The summed E-state index contributed by atoms with van der Waals surface area (Å²) >= 11 is 0. The number of pyridine rings is 1. The first-order valence-electron chi connectivity index (χ1n) is 9.28. The van der Waals surface area contributed by atoms with Crippen LogP contribution in [0, 0.1) is 0 Å². The lowest BCUT2D eigenvalue weighted by Crippen LogP contribution is -2.23. The molecule has 1 N–H and O–H groups in total. The molecule has 2 aliphatic rings. The molecule has 138 valence electrons. The van der Waals surface area contributed by atoms with Crippen LogP contribution in [0.4, 0.5) is 5.69 Å². The van der Waals surface area contributed by atoms with Gasteiger partial charge in [-0.15, -0.1) is 0 Å². The first-order valence-corrected chi connectivity index (χ1v) is 9.28. The van der Waals surface area contributed by atoms with Crippen LogP contribution in [-0.4, -0.2) is 33.1 Å². The number of anilines is 1. The molecule has 2 atom stereocenters. The highest BCUT2D eigenvalue weighted by Gasteiger charge is 2.43. The highest BCUT2D eigenvalue weighted by molar-refractivity contribution is 6.11. The summed E-state index contributed by atoms with van der Waals surface area (Å²) in [6.07, 6.45) is 8.36. The number of ether oxygens (including phenoxy) is 1. The van der Waals surface area contributed by atoms with Gasteiger partial charge in [-0.25, -0.2) is 9.97 Å². The molecular weight excluding hydrogens is 352 g/mol. The average Bonchev–Trinajstić information content (AvgIpc) is 3.37. The normalized spacial score (nSPS) is 20.4. The molecule has 3 aromatic rings. The third-order valence-electron chi connectivity index (χ3n) is 5.13. The van der Waals surface area contributed by atoms with Gasteiger partial charge in [0, 0.05) is 18.0 Å². The molecule has 6 nitrogen and oxygen atoms in total. The van der Waals surface area contributed by atoms with Gasteiger partial charge in [-0.05, 0) is 36.1 Å². The van der Waals surface area contributed by atoms with Crippen molar-refractivity contribution < 1.29 is 9.53 Å². The Labute approximate surface area is 162 Å². The fourth-order valence-electron chi connectivity index (χ4n) is 3.88. The lowest BCUT2D eigenvalue weighted by atomic mass is 9.87. The first-order chi connectivity index (χ1) is 13.8. The number of carbonyl (C=O) groups excluding carboxylic acids is 1. The molecule has 0 spiro atoms. The minimum atomic E-state index is -0.157. The van der Waals surface area contributed by atoms with Gasteiger partial charge in [-0.2, -0.15) is 0 Å². The minimum absolute atomic E-state index is 0.0233. The van der Waals surface area contributed by atoms with Crippen LogP contribution < -0.4 is 5.32 Å². The van der Waals surface area contributed by atoms with Gasteiger partial charge in [0.25, 0.3) is 5.91 Å². The number of benzene rings is 1. The number of aromatic nitrogens is 3. The van der Waals surface area contributed by atoms with Gasteiger partial charge in [-0.3, -0.25) is 9.78 Å². The van der Waals surface area contributed by atoms with Crippen LogP contribution in [0.15, 0.2) is 72.8 Å². The number of hydrogen-bond acceptors (Lipinski definition) is 5. The Hall–Kier alpha value is -3.38. The van der Waals surface area contributed by atoms with Crippen LogP contribution in [-0.2, 0) is 9.53 Å². The maximum atomic E-state index is 13.0. The van der Waals surface area contributed by atoms with Gasteiger partial charge in [-0.1, -0.05) is 30.3 Å². The number of fused-ring (bicyclic) bond motifs is 2. The van der Waals surface area contributed by atoms with Crippen molar-refractivity contribution in [3.05, 3.63) is 78.4 Å².